The Kier molecular flexibility index (Phi) is 2.41. The predicted octanol–water partition coefficient (Wildman–Crippen LogP) is 3.05. The number of benzene rings is 2. The molecule has 2 bridgehead atoms. The first-order valence-corrected chi connectivity index (χ1v) is 6.98. The molecule has 0 spiro atoms. The summed E-state index contributed by atoms with van der Waals surface area (Å²) in [6.07, 6.45) is 8.04. The monoisotopic (exact) mass is 244 g/mol. The number of rotatable bonds is 0. The average molecular weight is 244 g/mol. The summed E-state index contributed by atoms with van der Waals surface area (Å²) in [6.45, 7) is 0. The maximum absolute atomic E-state index is 2.32. The van der Waals surface area contributed by atoms with Crippen molar-refractivity contribution in [3.8, 4) is 0 Å². The van der Waals surface area contributed by atoms with Gasteiger partial charge in [-0.15, -0.1) is 0 Å². The molecular weight excluding hydrogens is 228 g/mol. The van der Waals surface area contributed by atoms with Crippen LogP contribution in [0.25, 0.3) is 17.2 Å². The van der Waals surface area contributed by atoms with E-state index in [1.54, 1.807) is 5.57 Å². The van der Waals surface area contributed by atoms with E-state index in [0.717, 1.165) is 12.8 Å². The Morgan fingerprint density at radius 2 is 1.58 bits per heavy atom. The Bertz CT molecular complexity index is 791. The standard InChI is InChI=1S/C19H16/c1-3-7-18-14(5-1)9-11-17-13-16(18)12-10-15-6-2-4-8-19(15)17/h1-9,11H,10,12-13H2. The highest BCUT2D eigenvalue weighted by Gasteiger charge is 2.16. The molecule has 2 aliphatic rings. The topological polar surface area (TPSA) is 0 Å². The molecule has 0 fully saturated rings. The van der Waals surface area contributed by atoms with Gasteiger partial charge in [0.05, 0.1) is 0 Å². The number of hydrogen-bond donors (Lipinski definition) is 0. The van der Waals surface area contributed by atoms with Crippen molar-refractivity contribution in [3.05, 3.63) is 76.2 Å². The van der Waals surface area contributed by atoms with Crippen LogP contribution in [-0.2, 0) is 6.42 Å². The third kappa shape index (κ3) is 1.76. The summed E-state index contributed by atoms with van der Waals surface area (Å²) in [7, 11) is 0. The third-order valence-corrected chi connectivity index (χ3v) is 4.27. The molecule has 4 rings (SSSR count). The van der Waals surface area contributed by atoms with Crippen LogP contribution in [0.2, 0.25) is 0 Å². The smallest absolute Gasteiger partial charge is 0.00517 e. The summed E-state index contributed by atoms with van der Waals surface area (Å²) in [5, 5.41) is 2.81. The second-order valence-electron chi connectivity index (χ2n) is 5.38. The normalized spacial score (nSPS) is 16.4. The van der Waals surface area contributed by atoms with Gasteiger partial charge in [-0.05, 0) is 46.4 Å². The van der Waals surface area contributed by atoms with Gasteiger partial charge in [-0.3, -0.25) is 0 Å². The first kappa shape index (κ1) is 10.8. The van der Waals surface area contributed by atoms with E-state index in [4.69, 9.17) is 0 Å². The zero-order valence-electron chi connectivity index (χ0n) is 10.9. The second kappa shape index (κ2) is 4.24. The van der Waals surface area contributed by atoms with Gasteiger partial charge < -0.3 is 0 Å². The van der Waals surface area contributed by atoms with Crippen LogP contribution in [0.3, 0.4) is 0 Å². The highest BCUT2D eigenvalue weighted by molar-refractivity contribution is 5.81. The van der Waals surface area contributed by atoms with Crippen molar-refractivity contribution in [2.45, 2.75) is 19.3 Å². The van der Waals surface area contributed by atoms with Crippen LogP contribution in [0.1, 0.15) is 24.0 Å². The van der Waals surface area contributed by atoms with E-state index in [1.165, 1.54) is 33.6 Å². The summed E-state index contributed by atoms with van der Waals surface area (Å²) >= 11 is 0. The molecule has 0 atom stereocenters. The fourth-order valence-electron chi connectivity index (χ4n) is 3.28. The van der Waals surface area contributed by atoms with Crippen LogP contribution in [0.4, 0.5) is 0 Å². The Morgan fingerprint density at radius 1 is 0.737 bits per heavy atom. The summed E-state index contributed by atoms with van der Waals surface area (Å²) in [6, 6.07) is 17.6. The lowest BCUT2D eigenvalue weighted by Gasteiger charge is -2.07. The van der Waals surface area contributed by atoms with Crippen molar-refractivity contribution in [1.29, 1.82) is 0 Å². The van der Waals surface area contributed by atoms with Crippen molar-refractivity contribution in [3.63, 3.8) is 0 Å². The minimum atomic E-state index is 1.10. The Hall–Kier alpha value is -2.08. The summed E-state index contributed by atoms with van der Waals surface area (Å²) in [5.74, 6) is 0. The molecule has 0 aliphatic heterocycles. The number of allylic oxidation sites excluding steroid dienone is 2. The molecule has 92 valence electrons. The molecule has 2 aromatic carbocycles. The van der Waals surface area contributed by atoms with E-state index in [0.29, 0.717) is 0 Å². The Morgan fingerprint density at radius 3 is 2.58 bits per heavy atom. The molecular formula is C19H16. The van der Waals surface area contributed by atoms with Crippen molar-refractivity contribution in [2.75, 3.05) is 0 Å². The molecule has 0 unspecified atom stereocenters. The van der Waals surface area contributed by atoms with Gasteiger partial charge in [-0.1, -0.05) is 66.3 Å². The molecule has 19 heavy (non-hydrogen) atoms. The lowest BCUT2D eigenvalue weighted by molar-refractivity contribution is 1.00. The Labute approximate surface area is 113 Å². The third-order valence-electron chi connectivity index (χ3n) is 4.27. The lowest BCUT2D eigenvalue weighted by atomic mass is 9.98. The first-order chi connectivity index (χ1) is 9.42. The minimum absolute atomic E-state index is 1.10. The van der Waals surface area contributed by atoms with Crippen LogP contribution < -0.4 is 10.4 Å². The number of aryl methyl sites for hydroxylation is 1. The van der Waals surface area contributed by atoms with Gasteiger partial charge in [-0.25, -0.2) is 0 Å². The number of fused-ring (bicyclic) bond motifs is 5. The molecule has 0 amide bonds. The lowest BCUT2D eigenvalue weighted by Crippen LogP contribution is -2.25. The molecule has 0 saturated carbocycles. The van der Waals surface area contributed by atoms with Crippen LogP contribution in [-0.4, -0.2) is 0 Å². The summed E-state index contributed by atoms with van der Waals surface area (Å²) < 4.78 is 0. The Balaban J connectivity index is 2.03. The SMILES string of the molecule is C1=C2CC(=c3ccccc3=C1)CCc1ccccc12. The molecule has 0 aromatic heterocycles. The van der Waals surface area contributed by atoms with E-state index in [9.17, 15) is 0 Å². The average Bonchev–Trinajstić information content (AvgIpc) is 2.77. The molecule has 0 N–H and O–H groups in total. The highest BCUT2D eigenvalue weighted by Crippen LogP contribution is 2.33. The van der Waals surface area contributed by atoms with Crippen LogP contribution in [0.15, 0.2) is 54.6 Å². The van der Waals surface area contributed by atoms with Crippen LogP contribution >= 0.6 is 0 Å². The van der Waals surface area contributed by atoms with Crippen molar-refractivity contribution >= 4 is 17.2 Å². The molecule has 2 aromatic rings. The van der Waals surface area contributed by atoms with Gasteiger partial charge >= 0.3 is 0 Å². The maximum Gasteiger partial charge on any atom is -0.00517 e. The van der Waals surface area contributed by atoms with E-state index in [-0.39, 0.29) is 0 Å². The molecule has 0 heteroatoms. The molecule has 0 heterocycles. The van der Waals surface area contributed by atoms with Crippen molar-refractivity contribution in [2.24, 2.45) is 0 Å². The van der Waals surface area contributed by atoms with Gasteiger partial charge in [0.15, 0.2) is 0 Å². The predicted molar refractivity (Wildman–Crippen MR) is 80.9 cm³/mol. The second-order valence-corrected chi connectivity index (χ2v) is 5.38. The van der Waals surface area contributed by atoms with E-state index >= 15 is 0 Å². The van der Waals surface area contributed by atoms with E-state index < -0.39 is 0 Å². The zero-order chi connectivity index (χ0) is 12.7. The largest absolute Gasteiger partial charge is 0.0620 e. The first-order valence-electron chi connectivity index (χ1n) is 6.98. The van der Waals surface area contributed by atoms with E-state index in [2.05, 4.69) is 60.7 Å². The molecule has 2 aliphatic carbocycles. The maximum atomic E-state index is 2.32. The summed E-state index contributed by atoms with van der Waals surface area (Å²) in [5.41, 5.74) is 6.00. The van der Waals surface area contributed by atoms with Gasteiger partial charge in [0.25, 0.3) is 0 Å². The molecule has 0 saturated heterocycles. The van der Waals surface area contributed by atoms with Crippen LogP contribution in [0, 0.1) is 0 Å². The molecule has 0 radical (unpaired) electrons. The summed E-state index contributed by atoms with van der Waals surface area (Å²) in [4.78, 5) is 0. The van der Waals surface area contributed by atoms with Gasteiger partial charge in [0.1, 0.15) is 0 Å². The molecule has 0 nitrogen and oxygen atoms in total. The zero-order valence-corrected chi connectivity index (χ0v) is 10.9. The fraction of sp³-hybridized carbons (Fsp3) is 0.158. The van der Waals surface area contributed by atoms with Crippen molar-refractivity contribution in [1.82, 2.24) is 0 Å². The van der Waals surface area contributed by atoms with E-state index in [1.807, 2.05) is 0 Å². The number of hydrogen-bond acceptors (Lipinski definition) is 0. The fourth-order valence-corrected chi connectivity index (χ4v) is 3.28. The van der Waals surface area contributed by atoms with Gasteiger partial charge in [0, 0.05) is 0 Å². The minimum Gasteiger partial charge on any atom is -0.0620 e. The van der Waals surface area contributed by atoms with Crippen molar-refractivity contribution < 1.29 is 0 Å². The van der Waals surface area contributed by atoms with Gasteiger partial charge in [-0.2, -0.15) is 0 Å². The quantitative estimate of drug-likeness (QED) is 0.668. The van der Waals surface area contributed by atoms with Crippen LogP contribution in [0.5, 0.6) is 0 Å². The highest BCUT2D eigenvalue weighted by atomic mass is 14.2. The van der Waals surface area contributed by atoms with Gasteiger partial charge in [0.2, 0.25) is 0 Å².